The van der Waals surface area contributed by atoms with E-state index in [0.717, 1.165) is 0 Å². The summed E-state index contributed by atoms with van der Waals surface area (Å²) >= 11 is 0. The van der Waals surface area contributed by atoms with Crippen LogP contribution in [-0.4, -0.2) is 0 Å². The van der Waals surface area contributed by atoms with Crippen LogP contribution < -0.4 is 0 Å². The molecule has 0 radical (unpaired) electrons. The van der Waals surface area contributed by atoms with E-state index in [-0.39, 0.29) is 65.9 Å². The molecule has 0 saturated heterocycles. The van der Waals surface area contributed by atoms with Gasteiger partial charge in [-0.05, 0) is 0 Å². The van der Waals surface area contributed by atoms with E-state index >= 15 is 0 Å². The third-order valence-electron chi connectivity index (χ3n) is 3.10. The van der Waals surface area contributed by atoms with Gasteiger partial charge in [0.2, 0.25) is 0 Å². The van der Waals surface area contributed by atoms with Crippen LogP contribution in [0, 0.1) is 14.9 Å². The molecule has 0 nitrogen and oxygen atoms in total. The fraction of sp³-hybridized carbons (Fsp3) is 0. The Morgan fingerprint density at radius 3 is 1.22 bits per heavy atom. The molecule has 0 fully saturated rings. The van der Waals surface area contributed by atoms with Gasteiger partial charge in [-0.2, -0.15) is 35.0 Å². The van der Waals surface area contributed by atoms with Gasteiger partial charge in [0, 0.05) is 0 Å². The van der Waals surface area contributed by atoms with Gasteiger partial charge in [-0.25, -0.2) is 0 Å². The zero-order valence-corrected chi connectivity index (χ0v) is 17.5. The predicted octanol–water partition coefficient (Wildman–Crippen LogP) is 6.86. The minimum absolute atomic E-state index is 0. The van der Waals surface area contributed by atoms with E-state index in [9.17, 15) is 0 Å². The SMILES string of the molecule is Cl.Cl.[CH3-].[CH3-].[Zr+4].c1ccc2[cH-]ccc2c1.c1ccc2[cH-]ccc2c1. The van der Waals surface area contributed by atoms with Crippen molar-refractivity contribution in [1.82, 2.24) is 0 Å². The van der Waals surface area contributed by atoms with Gasteiger partial charge in [-0.15, -0.1) is 84.1 Å². The van der Waals surface area contributed by atoms with Crippen molar-refractivity contribution in [3.05, 3.63) is 99.8 Å². The molecule has 23 heavy (non-hydrogen) atoms. The molecule has 0 N–H and O–H groups in total. The molecular formula is C20H22Cl2Zr. The molecule has 0 heterocycles. The largest absolute Gasteiger partial charge is 4.00 e. The van der Waals surface area contributed by atoms with Gasteiger partial charge in [0.1, 0.15) is 0 Å². The quantitative estimate of drug-likeness (QED) is 0.271. The Morgan fingerprint density at radius 2 is 0.870 bits per heavy atom. The fourth-order valence-electron chi connectivity index (χ4n) is 2.14. The van der Waals surface area contributed by atoms with Crippen LogP contribution >= 0.6 is 24.8 Å². The summed E-state index contributed by atoms with van der Waals surface area (Å²) in [6.07, 6.45) is 0. The van der Waals surface area contributed by atoms with E-state index in [2.05, 4.69) is 84.9 Å². The van der Waals surface area contributed by atoms with Crippen molar-refractivity contribution < 1.29 is 26.2 Å². The maximum absolute atomic E-state index is 2.12. The Labute approximate surface area is 171 Å². The first-order chi connectivity index (χ1) is 8.93. The van der Waals surface area contributed by atoms with Crippen LogP contribution in [0.4, 0.5) is 0 Å². The van der Waals surface area contributed by atoms with Gasteiger partial charge < -0.3 is 14.9 Å². The van der Waals surface area contributed by atoms with Crippen LogP contribution in [0.3, 0.4) is 0 Å². The monoisotopic (exact) mass is 422 g/mol. The Bertz CT molecular complexity index is 630. The first kappa shape index (κ1) is 27.0. The Kier molecular flexibility index (Phi) is 15.9. The fourth-order valence-corrected chi connectivity index (χ4v) is 2.14. The van der Waals surface area contributed by atoms with Gasteiger partial charge in [0.15, 0.2) is 0 Å². The standard InChI is InChI=1S/2C9H7.2CH3.2ClH.Zr/c2*1-2-5-9-7-3-6-8(9)4-1;;;;;/h2*1-7H;2*1H3;2*1H;/q4*-1;;;+4. The van der Waals surface area contributed by atoms with Crippen molar-refractivity contribution in [2.75, 3.05) is 0 Å². The van der Waals surface area contributed by atoms with Crippen molar-refractivity contribution in [1.29, 1.82) is 0 Å². The van der Waals surface area contributed by atoms with Crippen molar-refractivity contribution in [2.24, 2.45) is 0 Å². The van der Waals surface area contributed by atoms with Gasteiger partial charge in [-0.3, -0.25) is 0 Å². The molecule has 4 rings (SSSR count). The van der Waals surface area contributed by atoms with E-state index in [1.807, 2.05) is 0 Å². The predicted molar refractivity (Wildman–Crippen MR) is 106 cm³/mol. The minimum atomic E-state index is 0. The second kappa shape index (κ2) is 13.6. The van der Waals surface area contributed by atoms with Gasteiger partial charge in [0.25, 0.3) is 0 Å². The summed E-state index contributed by atoms with van der Waals surface area (Å²) in [7, 11) is 0. The van der Waals surface area contributed by atoms with Crippen LogP contribution in [0.2, 0.25) is 0 Å². The molecular weight excluding hydrogens is 402 g/mol. The molecule has 3 heteroatoms. The number of rotatable bonds is 0. The van der Waals surface area contributed by atoms with Crippen LogP contribution in [0.15, 0.2) is 84.9 Å². The molecule has 0 aromatic heterocycles. The van der Waals surface area contributed by atoms with E-state index in [1.54, 1.807) is 0 Å². The minimum Gasteiger partial charge on any atom is -0.358 e. The molecule has 4 aromatic carbocycles. The number of hydrogen-bond donors (Lipinski definition) is 0. The molecule has 0 saturated carbocycles. The van der Waals surface area contributed by atoms with Gasteiger partial charge in [0.05, 0.1) is 0 Å². The zero-order chi connectivity index (χ0) is 12.2. The van der Waals surface area contributed by atoms with E-state index in [4.69, 9.17) is 0 Å². The van der Waals surface area contributed by atoms with Crippen molar-refractivity contribution in [3.8, 4) is 0 Å². The Balaban J connectivity index is -0.000000286. The zero-order valence-electron chi connectivity index (χ0n) is 13.4. The average molecular weight is 425 g/mol. The maximum Gasteiger partial charge on any atom is 4.00 e. The number of fused-ring (bicyclic) bond motifs is 2. The molecule has 0 atom stereocenters. The molecule has 0 aliphatic rings. The third kappa shape index (κ3) is 7.04. The molecule has 0 aliphatic heterocycles. The van der Waals surface area contributed by atoms with Crippen molar-refractivity contribution >= 4 is 46.4 Å². The molecule has 4 aromatic rings. The molecule has 0 amide bonds. The van der Waals surface area contributed by atoms with E-state index in [0.29, 0.717) is 0 Å². The van der Waals surface area contributed by atoms with E-state index < -0.39 is 0 Å². The number of hydrogen-bond acceptors (Lipinski definition) is 0. The van der Waals surface area contributed by atoms with Gasteiger partial charge >= 0.3 is 26.2 Å². The van der Waals surface area contributed by atoms with Crippen LogP contribution in [0.25, 0.3) is 21.5 Å². The second-order valence-electron chi connectivity index (χ2n) is 4.31. The first-order valence-electron chi connectivity index (χ1n) is 6.14. The molecule has 0 unspecified atom stereocenters. The molecule has 0 bridgehead atoms. The smallest absolute Gasteiger partial charge is 0.358 e. The summed E-state index contributed by atoms with van der Waals surface area (Å²) in [4.78, 5) is 0. The number of halogens is 2. The summed E-state index contributed by atoms with van der Waals surface area (Å²) < 4.78 is 0. The van der Waals surface area contributed by atoms with Crippen molar-refractivity contribution in [3.63, 3.8) is 0 Å². The summed E-state index contributed by atoms with van der Waals surface area (Å²) in [5.41, 5.74) is 0. The van der Waals surface area contributed by atoms with E-state index in [1.165, 1.54) is 21.5 Å². The maximum atomic E-state index is 2.12. The summed E-state index contributed by atoms with van der Waals surface area (Å²) in [6, 6.07) is 29.3. The topological polar surface area (TPSA) is 0 Å². The van der Waals surface area contributed by atoms with Crippen LogP contribution in [0.1, 0.15) is 0 Å². The number of benzene rings is 2. The molecule has 0 spiro atoms. The van der Waals surface area contributed by atoms with Crippen LogP contribution in [-0.2, 0) is 26.2 Å². The average Bonchev–Trinajstić information content (AvgIpc) is 3.08. The summed E-state index contributed by atoms with van der Waals surface area (Å²) in [5, 5.41) is 5.32. The van der Waals surface area contributed by atoms with Crippen molar-refractivity contribution in [2.45, 2.75) is 0 Å². The Hall–Kier alpha value is -0.877. The normalized spacial score (nSPS) is 8.00. The molecule has 0 aliphatic carbocycles. The Morgan fingerprint density at radius 1 is 0.522 bits per heavy atom. The molecule has 120 valence electrons. The van der Waals surface area contributed by atoms with Gasteiger partial charge in [-0.1, -0.05) is 12.1 Å². The summed E-state index contributed by atoms with van der Waals surface area (Å²) in [5.74, 6) is 0. The van der Waals surface area contributed by atoms with Crippen LogP contribution in [0.5, 0.6) is 0 Å². The second-order valence-corrected chi connectivity index (χ2v) is 4.31. The first-order valence-corrected chi connectivity index (χ1v) is 6.14. The third-order valence-corrected chi connectivity index (χ3v) is 3.10. The summed E-state index contributed by atoms with van der Waals surface area (Å²) in [6.45, 7) is 0.